The second kappa shape index (κ2) is 7.40. The molecule has 1 unspecified atom stereocenters. The average Bonchev–Trinajstić information content (AvgIpc) is 2.45. The highest BCUT2D eigenvalue weighted by Crippen LogP contribution is 2.17. The monoisotopic (exact) mass is 299 g/mol. The highest BCUT2D eigenvalue weighted by molar-refractivity contribution is 7.91. The number of aliphatic hydroxyl groups excluding tert-OH is 1. The molecule has 0 aliphatic rings. The molecule has 1 amide bonds. The molecule has 0 fully saturated rings. The summed E-state index contributed by atoms with van der Waals surface area (Å²) in [5.41, 5.74) is 0.171. The Morgan fingerprint density at radius 2 is 2.00 bits per heavy atom. The van der Waals surface area contributed by atoms with E-state index in [4.69, 9.17) is 5.11 Å². The Balaban J connectivity index is 2.94. The maximum absolute atomic E-state index is 12.2. The Bertz CT molecular complexity index is 554. The molecule has 1 rings (SSSR count). The van der Waals surface area contributed by atoms with Gasteiger partial charge < -0.3 is 10.4 Å². The lowest BCUT2D eigenvalue weighted by Gasteiger charge is -2.15. The molecule has 0 aliphatic heterocycles. The maximum Gasteiger partial charge on any atom is 0.252 e. The van der Waals surface area contributed by atoms with E-state index in [2.05, 4.69) is 5.32 Å². The molecule has 5 nitrogen and oxygen atoms in total. The number of nitrogens with one attached hydrogen (secondary N) is 1. The minimum atomic E-state index is -3.43. The van der Waals surface area contributed by atoms with Crippen LogP contribution in [0.25, 0.3) is 0 Å². The van der Waals surface area contributed by atoms with Gasteiger partial charge in [-0.05, 0) is 31.9 Å². The first-order valence-corrected chi connectivity index (χ1v) is 8.31. The molecule has 2 N–H and O–H groups in total. The van der Waals surface area contributed by atoms with Crippen molar-refractivity contribution in [1.29, 1.82) is 0 Å². The minimum absolute atomic E-state index is 0.0443. The Morgan fingerprint density at radius 1 is 1.35 bits per heavy atom. The second-order valence-corrected chi connectivity index (χ2v) is 6.89. The Labute approximate surface area is 119 Å². The molecule has 0 aromatic heterocycles. The summed E-state index contributed by atoms with van der Waals surface area (Å²) in [5, 5.41) is 11.5. The number of hydrogen-bond acceptors (Lipinski definition) is 4. The summed E-state index contributed by atoms with van der Waals surface area (Å²) >= 11 is 0. The number of aliphatic hydroxyl groups is 1. The molecule has 20 heavy (non-hydrogen) atoms. The van der Waals surface area contributed by atoms with Crippen LogP contribution in [0.4, 0.5) is 0 Å². The molecule has 0 saturated heterocycles. The zero-order valence-electron chi connectivity index (χ0n) is 11.8. The number of benzene rings is 1. The Kier molecular flexibility index (Phi) is 6.16. The van der Waals surface area contributed by atoms with Crippen LogP contribution in [-0.4, -0.2) is 37.8 Å². The third-order valence-electron chi connectivity index (χ3n) is 3.02. The fourth-order valence-corrected chi connectivity index (χ4v) is 2.94. The van der Waals surface area contributed by atoms with Gasteiger partial charge in [-0.3, -0.25) is 4.79 Å². The smallest absolute Gasteiger partial charge is 0.252 e. The van der Waals surface area contributed by atoms with E-state index in [9.17, 15) is 13.2 Å². The summed E-state index contributed by atoms with van der Waals surface area (Å²) in [5.74, 6) is -0.444. The van der Waals surface area contributed by atoms with Crippen LogP contribution in [0, 0.1) is 0 Å². The van der Waals surface area contributed by atoms with Crippen LogP contribution in [0.5, 0.6) is 0 Å². The summed E-state index contributed by atoms with van der Waals surface area (Å²) in [7, 11) is -3.43. The van der Waals surface area contributed by atoms with Gasteiger partial charge in [-0.25, -0.2) is 8.42 Å². The van der Waals surface area contributed by atoms with Crippen molar-refractivity contribution in [3.8, 4) is 0 Å². The van der Waals surface area contributed by atoms with Gasteiger partial charge in [-0.2, -0.15) is 0 Å². The highest BCUT2D eigenvalue weighted by atomic mass is 32.2. The van der Waals surface area contributed by atoms with Crippen LogP contribution in [0.15, 0.2) is 29.2 Å². The predicted molar refractivity (Wildman–Crippen MR) is 77.4 cm³/mol. The quantitative estimate of drug-likeness (QED) is 0.796. The molecule has 0 spiro atoms. The van der Waals surface area contributed by atoms with Crippen LogP contribution in [-0.2, 0) is 9.84 Å². The lowest BCUT2D eigenvalue weighted by Crippen LogP contribution is -2.33. The molecule has 0 saturated carbocycles. The second-order valence-electron chi connectivity index (χ2n) is 4.64. The zero-order chi connectivity index (χ0) is 15.2. The van der Waals surface area contributed by atoms with E-state index in [0.29, 0.717) is 12.8 Å². The van der Waals surface area contributed by atoms with Gasteiger partial charge in [-0.15, -0.1) is 0 Å². The van der Waals surface area contributed by atoms with Gasteiger partial charge in [0.15, 0.2) is 9.84 Å². The van der Waals surface area contributed by atoms with Gasteiger partial charge >= 0.3 is 0 Å². The van der Waals surface area contributed by atoms with Gasteiger partial charge in [0.25, 0.3) is 5.91 Å². The average molecular weight is 299 g/mol. The largest absolute Gasteiger partial charge is 0.396 e. The van der Waals surface area contributed by atoms with Gasteiger partial charge in [0.2, 0.25) is 0 Å². The van der Waals surface area contributed by atoms with Crippen molar-refractivity contribution in [2.75, 3.05) is 12.4 Å². The van der Waals surface area contributed by atoms with Crippen molar-refractivity contribution in [3.63, 3.8) is 0 Å². The lowest BCUT2D eigenvalue weighted by atomic mass is 10.1. The molecule has 1 aromatic rings. The van der Waals surface area contributed by atoms with E-state index in [-0.39, 0.29) is 28.9 Å². The van der Waals surface area contributed by atoms with Crippen LogP contribution < -0.4 is 5.32 Å². The summed E-state index contributed by atoms with van der Waals surface area (Å²) in [6.07, 6.45) is 1.24. The van der Waals surface area contributed by atoms with Crippen LogP contribution >= 0.6 is 0 Å². The number of sulfone groups is 1. The van der Waals surface area contributed by atoms with Gasteiger partial charge in [0.1, 0.15) is 0 Å². The standard InChI is InChI=1S/C14H21NO4S/c1-3-20(18,19)13-9-5-4-8-12(13)14(17)15-11(2)7-6-10-16/h4-5,8-9,11,16H,3,6-7,10H2,1-2H3,(H,15,17). The molecule has 1 aromatic carbocycles. The molecule has 0 aliphatic carbocycles. The SMILES string of the molecule is CCS(=O)(=O)c1ccccc1C(=O)NC(C)CCCO. The molecule has 6 heteroatoms. The third-order valence-corrected chi connectivity index (χ3v) is 4.81. The number of carbonyl (C=O) groups excluding carboxylic acids is 1. The Hall–Kier alpha value is -1.40. The van der Waals surface area contributed by atoms with Crippen molar-refractivity contribution < 1.29 is 18.3 Å². The topological polar surface area (TPSA) is 83.5 Å². The normalized spacial score (nSPS) is 12.9. The summed E-state index contributed by atoms with van der Waals surface area (Å²) in [4.78, 5) is 12.2. The van der Waals surface area contributed by atoms with Gasteiger partial charge in [0.05, 0.1) is 16.2 Å². The van der Waals surface area contributed by atoms with E-state index < -0.39 is 15.7 Å². The molecular formula is C14H21NO4S. The van der Waals surface area contributed by atoms with Crippen molar-refractivity contribution in [1.82, 2.24) is 5.32 Å². The first-order valence-electron chi connectivity index (χ1n) is 6.66. The van der Waals surface area contributed by atoms with E-state index in [0.717, 1.165) is 0 Å². The van der Waals surface area contributed by atoms with Crippen LogP contribution in [0.1, 0.15) is 37.0 Å². The first-order chi connectivity index (χ1) is 9.42. The van der Waals surface area contributed by atoms with Gasteiger partial charge in [0, 0.05) is 12.6 Å². The van der Waals surface area contributed by atoms with Crippen molar-refractivity contribution in [2.24, 2.45) is 0 Å². The van der Waals surface area contributed by atoms with Crippen LogP contribution in [0.2, 0.25) is 0 Å². The van der Waals surface area contributed by atoms with E-state index in [1.54, 1.807) is 19.1 Å². The third kappa shape index (κ3) is 4.31. The minimum Gasteiger partial charge on any atom is -0.396 e. The fraction of sp³-hybridized carbons (Fsp3) is 0.500. The molecule has 1 atom stereocenters. The van der Waals surface area contributed by atoms with E-state index in [1.165, 1.54) is 12.1 Å². The summed E-state index contributed by atoms with van der Waals surface area (Å²) < 4.78 is 23.9. The van der Waals surface area contributed by atoms with Gasteiger partial charge in [-0.1, -0.05) is 19.1 Å². The number of amides is 1. The number of rotatable bonds is 7. The summed E-state index contributed by atoms with van der Waals surface area (Å²) in [6, 6.07) is 6.09. The molecule has 0 heterocycles. The zero-order valence-corrected chi connectivity index (χ0v) is 12.6. The van der Waals surface area contributed by atoms with Crippen molar-refractivity contribution >= 4 is 15.7 Å². The lowest BCUT2D eigenvalue weighted by molar-refractivity contribution is 0.0933. The molecular weight excluding hydrogens is 278 g/mol. The highest BCUT2D eigenvalue weighted by Gasteiger charge is 2.21. The maximum atomic E-state index is 12.2. The first kappa shape index (κ1) is 16.7. The van der Waals surface area contributed by atoms with E-state index in [1.807, 2.05) is 6.92 Å². The fourth-order valence-electron chi connectivity index (χ4n) is 1.85. The molecule has 112 valence electrons. The predicted octanol–water partition coefficient (Wildman–Crippen LogP) is 1.37. The number of hydrogen-bond donors (Lipinski definition) is 2. The summed E-state index contributed by atoms with van der Waals surface area (Å²) in [6.45, 7) is 3.44. The number of carbonyl (C=O) groups is 1. The van der Waals surface area contributed by atoms with Crippen molar-refractivity contribution in [3.05, 3.63) is 29.8 Å². The Morgan fingerprint density at radius 3 is 2.60 bits per heavy atom. The van der Waals surface area contributed by atoms with Crippen LogP contribution in [0.3, 0.4) is 0 Å². The van der Waals surface area contributed by atoms with E-state index >= 15 is 0 Å². The van der Waals surface area contributed by atoms with Crippen molar-refractivity contribution in [2.45, 2.75) is 37.6 Å². The molecule has 0 radical (unpaired) electrons. The molecule has 0 bridgehead atoms.